The van der Waals surface area contributed by atoms with E-state index in [1.807, 2.05) is 0 Å². The summed E-state index contributed by atoms with van der Waals surface area (Å²) in [5, 5.41) is 8.22. The monoisotopic (exact) mass is 271 g/mol. The zero-order valence-electron chi connectivity index (χ0n) is 13.4. The van der Waals surface area contributed by atoms with Gasteiger partial charge in [-0.3, -0.25) is 4.68 Å². The first-order valence-corrected chi connectivity index (χ1v) is 7.31. The minimum absolute atomic E-state index is 0.261. The first-order chi connectivity index (χ1) is 9.43. The zero-order valence-corrected chi connectivity index (χ0v) is 13.4. The average Bonchev–Trinajstić information content (AvgIpc) is 2.67. The fraction of sp³-hybridized carbons (Fsp3) is 0.471. The normalized spacial score (nSPS) is 12.5. The number of nitrogens with one attached hydrogen (secondary N) is 1. The molecule has 0 aliphatic heterocycles. The molecule has 1 heterocycles. The van der Waals surface area contributed by atoms with E-state index in [4.69, 9.17) is 0 Å². The minimum atomic E-state index is 0.261. The highest BCUT2D eigenvalue weighted by atomic mass is 15.3. The molecule has 3 nitrogen and oxygen atoms in total. The van der Waals surface area contributed by atoms with E-state index in [0.29, 0.717) is 0 Å². The smallest absolute Gasteiger partial charge is 0.0649 e. The van der Waals surface area contributed by atoms with Gasteiger partial charge in [-0.1, -0.05) is 17.7 Å². The molecular formula is C17H25N3. The third-order valence-electron chi connectivity index (χ3n) is 3.92. The maximum absolute atomic E-state index is 4.60. The molecule has 2 rings (SSSR count). The number of nitrogens with zero attached hydrogens (tertiary/aromatic N) is 2. The molecule has 0 bridgehead atoms. The zero-order chi connectivity index (χ0) is 14.9. The Hall–Kier alpha value is -1.77. The van der Waals surface area contributed by atoms with E-state index in [1.165, 1.54) is 28.1 Å². The number of benzene rings is 1. The molecule has 3 heteroatoms. The van der Waals surface area contributed by atoms with Gasteiger partial charge in [0.2, 0.25) is 0 Å². The van der Waals surface area contributed by atoms with Gasteiger partial charge >= 0.3 is 0 Å². The lowest BCUT2D eigenvalue weighted by Gasteiger charge is -2.18. The van der Waals surface area contributed by atoms with Gasteiger partial charge in [0, 0.05) is 23.5 Å². The van der Waals surface area contributed by atoms with Crippen LogP contribution in [-0.2, 0) is 6.54 Å². The van der Waals surface area contributed by atoms with Crippen LogP contribution in [-0.4, -0.2) is 9.78 Å². The maximum Gasteiger partial charge on any atom is 0.0649 e. The highest BCUT2D eigenvalue weighted by molar-refractivity contribution is 5.53. The number of hydrogen-bond acceptors (Lipinski definition) is 2. The molecule has 0 saturated carbocycles. The van der Waals surface area contributed by atoms with Crippen LogP contribution in [0.1, 0.15) is 48.0 Å². The van der Waals surface area contributed by atoms with Gasteiger partial charge in [0.1, 0.15) is 0 Å². The number of aromatic nitrogens is 2. The molecule has 1 N–H and O–H groups in total. The molecule has 0 radical (unpaired) electrons. The lowest BCUT2D eigenvalue weighted by Crippen LogP contribution is -2.10. The number of hydrogen-bond donors (Lipinski definition) is 1. The van der Waals surface area contributed by atoms with Crippen LogP contribution in [0.15, 0.2) is 18.2 Å². The van der Waals surface area contributed by atoms with E-state index in [9.17, 15) is 0 Å². The van der Waals surface area contributed by atoms with E-state index in [0.717, 1.165) is 12.2 Å². The highest BCUT2D eigenvalue weighted by Gasteiger charge is 2.17. The Balaban J connectivity index is 2.28. The van der Waals surface area contributed by atoms with Crippen LogP contribution in [0.3, 0.4) is 0 Å². The largest absolute Gasteiger partial charge is 0.378 e. The van der Waals surface area contributed by atoms with Crippen molar-refractivity contribution >= 4 is 5.69 Å². The second kappa shape index (κ2) is 5.70. The number of rotatable bonds is 4. The third-order valence-corrected chi connectivity index (χ3v) is 3.92. The van der Waals surface area contributed by atoms with Crippen LogP contribution >= 0.6 is 0 Å². The van der Waals surface area contributed by atoms with Gasteiger partial charge < -0.3 is 5.32 Å². The van der Waals surface area contributed by atoms with Gasteiger partial charge in [-0.15, -0.1) is 0 Å². The van der Waals surface area contributed by atoms with Crippen molar-refractivity contribution < 1.29 is 0 Å². The molecule has 0 spiro atoms. The predicted octanol–water partition coefficient (Wildman–Crippen LogP) is 4.31. The molecule has 1 aromatic heterocycles. The molecule has 0 aliphatic rings. The van der Waals surface area contributed by atoms with Crippen molar-refractivity contribution in [1.29, 1.82) is 0 Å². The first-order valence-electron chi connectivity index (χ1n) is 7.31. The SMILES string of the molecule is CCn1nc(C)c(C(C)Nc2ccc(C)cc2C)c1C. The van der Waals surface area contributed by atoms with Gasteiger partial charge in [0.05, 0.1) is 11.7 Å². The molecule has 0 fully saturated rings. The van der Waals surface area contributed by atoms with Gasteiger partial charge in [0.25, 0.3) is 0 Å². The van der Waals surface area contributed by atoms with Gasteiger partial charge in [-0.2, -0.15) is 5.10 Å². The first kappa shape index (κ1) is 14.6. The van der Waals surface area contributed by atoms with E-state index < -0.39 is 0 Å². The van der Waals surface area contributed by atoms with Crippen molar-refractivity contribution in [2.24, 2.45) is 0 Å². The molecular weight excluding hydrogens is 246 g/mol. The second-order valence-corrected chi connectivity index (χ2v) is 5.58. The van der Waals surface area contributed by atoms with Crippen LogP contribution < -0.4 is 5.32 Å². The van der Waals surface area contributed by atoms with E-state index in [1.54, 1.807) is 0 Å². The maximum atomic E-state index is 4.60. The summed E-state index contributed by atoms with van der Waals surface area (Å²) in [6, 6.07) is 6.79. The molecule has 1 atom stereocenters. The summed E-state index contributed by atoms with van der Waals surface area (Å²) in [6.45, 7) is 13.8. The summed E-state index contributed by atoms with van der Waals surface area (Å²) in [4.78, 5) is 0. The van der Waals surface area contributed by atoms with Crippen molar-refractivity contribution in [3.8, 4) is 0 Å². The van der Waals surface area contributed by atoms with Gasteiger partial charge in [0.15, 0.2) is 0 Å². The lowest BCUT2D eigenvalue weighted by atomic mass is 10.0. The van der Waals surface area contributed by atoms with Crippen LogP contribution in [0.25, 0.3) is 0 Å². The summed E-state index contributed by atoms with van der Waals surface area (Å²) < 4.78 is 2.07. The molecule has 1 unspecified atom stereocenters. The fourth-order valence-electron chi connectivity index (χ4n) is 2.93. The Bertz CT molecular complexity index is 611. The molecule has 0 amide bonds. The standard InChI is InChI=1S/C17H25N3/c1-7-20-15(6)17(14(5)19-20)13(4)18-16-9-8-11(2)10-12(16)3/h8-10,13,18H,7H2,1-6H3. The highest BCUT2D eigenvalue weighted by Crippen LogP contribution is 2.27. The Kier molecular flexibility index (Phi) is 4.17. The molecule has 2 aromatic rings. The van der Waals surface area contributed by atoms with Crippen molar-refractivity contribution in [3.63, 3.8) is 0 Å². The summed E-state index contributed by atoms with van der Waals surface area (Å²) in [5.41, 5.74) is 7.48. The lowest BCUT2D eigenvalue weighted by molar-refractivity contribution is 0.632. The topological polar surface area (TPSA) is 29.9 Å². The summed E-state index contributed by atoms with van der Waals surface area (Å²) in [6.07, 6.45) is 0. The Morgan fingerprint density at radius 1 is 1.20 bits per heavy atom. The summed E-state index contributed by atoms with van der Waals surface area (Å²) in [7, 11) is 0. The molecule has 0 aliphatic carbocycles. The second-order valence-electron chi connectivity index (χ2n) is 5.58. The summed E-state index contributed by atoms with van der Waals surface area (Å²) >= 11 is 0. The summed E-state index contributed by atoms with van der Waals surface area (Å²) in [5.74, 6) is 0. The van der Waals surface area contributed by atoms with Crippen molar-refractivity contribution in [1.82, 2.24) is 9.78 Å². The third kappa shape index (κ3) is 2.72. The Morgan fingerprint density at radius 3 is 2.45 bits per heavy atom. The van der Waals surface area contributed by atoms with Crippen molar-refractivity contribution in [2.75, 3.05) is 5.32 Å². The van der Waals surface area contributed by atoms with Gasteiger partial charge in [-0.25, -0.2) is 0 Å². The van der Waals surface area contributed by atoms with Crippen molar-refractivity contribution in [2.45, 2.75) is 54.1 Å². The van der Waals surface area contributed by atoms with E-state index >= 15 is 0 Å². The number of anilines is 1. The van der Waals surface area contributed by atoms with Gasteiger partial charge in [-0.05, 0) is 53.2 Å². The quantitative estimate of drug-likeness (QED) is 0.898. The molecule has 20 heavy (non-hydrogen) atoms. The van der Waals surface area contributed by atoms with Crippen LogP contribution in [0, 0.1) is 27.7 Å². The van der Waals surface area contributed by atoms with Crippen LogP contribution in [0.2, 0.25) is 0 Å². The number of aryl methyl sites for hydroxylation is 4. The van der Waals surface area contributed by atoms with Crippen LogP contribution in [0.4, 0.5) is 5.69 Å². The van der Waals surface area contributed by atoms with E-state index in [2.05, 4.69) is 74.8 Å². The molecule has 1 aromatic carbocycles. The Morgan fingerprint density at radius 2 is 1.90 bits per heavy atom. The minimum Gasteiger partial charge on any atom is -0.378 e. The molecule has 108 valence electrons. The van der Waals surface area contributed by atoms with Crippen molar-refractivity contribution in [3.05, 3.63) is 46.3 Å². The predicted molar refractivity (Wildman–Crippen MR) is 85.3 cm³/mol. The molecule has 0 saturated heterocycles. The fourth-order valence-corrected chi connectivity index (χ4v) is 2.93. The Labute approximate surface area is 122 Å². The average molecular weight is 271 g/mol. The van der Waals surface area contributed by atoms with Crippen LogP contribution in [0.5, 0.6) is 0 Å². The van der Waals surface area contributed by atoms with E-state index in [-0.39, 0.29) is 6.04 Å².